The highest BCUT2D eigenvalue weighted by Gasteiger charge is 2.04. The zero-order chi connectivity index (χ0) is 11.8. The number of aromatic nitrogens is 1. The molecule has 4 heteroatoms. The third-order valence-electron chi connectivity index (χ3n) is 2.48. The van der Waals surface area contributed by atoms with Gasteiger partial charge in [0.25, 0.3) is 0 Å². The Bertz CT molecular complexity index is 303. The number of halogens is 1. The molecule has 1 N–H and O–H groups in total. The van der Waals surface area contributed by atoms with Crippen molar-refractivity contribution in [2.75, 3.05) is 13.2 Å². The van der Waals surface area contributed by atoms with Gasteiger partial charge in [0, 0.05) is 18.8 Å². The maximum atomic E-state index is 13.1. The van der Waals surface area contributed by atoms with E-state index >= 15 is 0 Å². The van der Waals surface area contributed by atoms with E-state index in [2.05, 4.69) is 24.1 Å². The molecule has 1 aromatic rings. The van der Waals surface area contributed by atoms with E-state index in [1.54, 1.807) is 6.07 Å². The van der Waals surface area contributed by atoms with Crippen molar-refractivity contribution < 1.29 is 9.13 Å². The summed E-state index contributed by atoms with van der Waals surface area (Å²) in [5.41, 5.74) is 0. The zero-order valence-corrected chi connectivity index (χ0v) is 9.87. The van der Waals surface area contributed by atoms with Crippen LogP contribution < -0.4 is 10.1 Å². The fraction of sp³-hybridized carbons (Fsp3) is 0.583. The normalized spacial score (nSPS) is 10.8. The number of hydrogen-bond donors (Lipinski definition) is 1. The van der Waals surface area contributed by atoms with E-state index < -0.39 is 5.82 Å². The Balaban J connectivity index is 2.23. The van der Waals surface area contributed by atoms with Crippen molar-refractivity contribution in [3.05, 3.63) is 24.1 Å². The van der Waals surface area contributed by atoms with Crippen LogP contribution in [0.25, 0.3) is 0 Å². The van der Waals surface area contributed by atoms with Crippen LogP contribution in [0.3, 0.4) is 0 Å². The molecule has 3 nitrogen and oxygen atoms in total. The van der Waals surface area contributed by atoms with Crippen molar-refractivity contribution in [3.63, 3.8) is 0 Å². The first-order valence-electron chi connectivity index (χ1n) is 5.74. The number of rotatable bonds is 7. The van der Waals surface area contributed by atoms with Crippen molar-refractivity contribution in [2.45, 2.75) is 32.7 Å². The van der Waals surface area contributed by atoms with Gasteiger partial charge in [-0.25, -0.2) is 9.37 Å². The molecular formula is C12H19FN2O. The van der Waals surface area contributed by atoms with Crippen molar-refractivity contribution in [1.82, 2.24) is 10.3 Å². The lowest BCUT2D eigenvalue weighted by atomic mass is 10.2. The SMILES string of the molecule is CCC(CC)NCCOc1ncccc1F. The molecule has 1 rings (SSSR count). The van der Waals surface area contributed by atoms with Crippen LogP contribution in [-0.4, -0.2) is 24.2 Å². The van der Waals surface area contributed by atoms with Crippen LogP contribution in [0.1, 0.15) is 26.7 Å². The molecule has 16 heavy (non-hydrogen) atoms. The molecule has 0 aliphatic heterocycles. The van der Waals surface area contributed by atoms with Crippen molar-refractivity contribution in [1.29, 1.82) is 0 Å². The van der Waals surface area contributed by atoms with E-state index in [1.165, 1.54) is 12.3 Å². The predicted molar refractivity (Wildman–Crippen MR) is 62.1 cm³/mol. The van der Waals surface area contributed by atoms with E-state index in [-0.39, 0.29) is 5.88 Å². The minimum Gasteiger partial charge on any atom is -0.474 e. The standard InChI is InChI=1S/C12H19FN2O/c1-3-10(4-2)14-8-9-16-12-11(13)6-5-7-15-12/h5-7,10,14H,3-4,8-9H2,1-2H3. The summed E-state index contributed by atoms with van der Waals surface area (Å²) in [6, 6.07) is 3.40. The Kier molecular flexibility index (Phi) is 5.78. The summed E-state index contributed by atoms with van der Waals surface area (Å²) in [7, 11) is 0. The van der Waals surface area contributed by atoms with Crippen LogP contribution >= 0.6 is 0 Å². The van der Waals surface area contributed by atoms with Crippen LogP contribution in [0.2, 0.25) is 0 Å². The van der Waals surface area contributed by atoms with Gasteiger partial charge in [0.2, 0.25) is 5.88 Å². The van der Waals surface area contributed by atoms with Gasteiger partial charge in [-0.2, -0.15) is 0 Å². The Morgan fingerprint density at radius 1 is 1.44 bits per heavy atom. The number of hydrogen-bond acceptors (Lipinski definition) is 3. The summed E-state index contributed by atoms with van der Waals surface area (Å²) < 4.78 is 18.3. The number of pyridine rings is 1. The fourth-order valence-electron chi connectivity index (χ4n) is 1.47. The predicted octanol–water partition coefficient (Wildman–Crippen LogP) is 2.38. The highest BCUT2D eigenvalue weighted by Crippen LogP contribution is 2.10. The highest BCUT2D eigenvalue weighted by molar-refractivity contribution is 5.12. The van der Waals surface area contributed by atoms with E-state index in [4.69, 9.17) is 4.74 Å². The maximum absolute atomic E-state index is 13.1. The second kappa shape index (κ2) is 7.17. The van der Waals surface area contributed by atoms with Crippen molar-refractivity contribution in [3.8, 4) is 5.88 Å². The van der Waals surface area contributed by atoms with Gasteiger partial charge in [-0.15, -0.1) is 0 Å². The molecule has 0 saturated heterocycles. The van der Waals surface area contributed by atoms with Crippen LogP contribution in [0, 0.1) is 5.82 Å². The van der Waals surface area contributed by atoms with Crippen LogP contribution in [0.5, 0.6) is 5.88 Å². The third-order valence-corrected chi connectivity index (χ3v) is 2.48. The van der Waals surface area contributed by atoms with Gasteiger partial charge in [-0.3, -0.25) is 0 Å². The van der Waals surface area contributed by atoms with Crippen LogP contribution in [0.4, 0.5) is 4.39 Å². The Hall–Kier alpha value is -1.16. The highest BCUT2D eigenvalue weighted by atomic mass is 19.1. The molecule has 0 radical (unpaired) electrons. The molecule has 0 unspecified atom stereocenters. The van der Waals surface area contributed by atoms with E-state index in [0.717, 1.165) is 12.8 Å². The fourth-order valence-corrected chi connectivity index (χ4v) is 1.47. The third kappa shape index (κ3) is 4.14. The lowest BCUT2D eigenvalue weighted by Gasteiger charge is -2.14. The molecule has 0 atom stereocenters. The molecule has 0 bridgehead atoms. The largest absolute Gasteiger partial charge is 0.474 e. The quantitative estimate of drug-likeness (QED) is 0.725. The Morgan fingerprint density at radius 2 is 2.19 bits per heavy atom. The minimum absolute atomic E-state index is 0.0776. The second-order valence-electron chi connectivity index (χ2n) is 3.61. The molecule has 0 aliphatic carbocycles. The number of ether oxygens (including phenoxy) is 1. The zero-order valence-electron chi connectivity index (χ0n) is 9.87. The summed E-state index contributed by atoms with van der Waals surface area (Å²) >= 11 is 0. The Morgan fingerprint density at radius 3 is 2.81 bits per heavy atom. The lowest BCUT2D eigenvalue weighted by molar-refractivity contribution is 0.278. The summed E-state index contributed by atoms with van der Waals surface area (Å²) in [5.74, 6) is -0.334. The minimum atomic E-state index is -0.412. The second-order valence-corrected chi connectivity index (χ2v) is 3.61. The van der Waals surface area contributed by atoms with Gasteiger partial charge < -0.3 is 10.1 Å². The van der Waals surface area contributed by atoms with Gasteiger partial charge in [0.15, 0.2) is 5.82 Å². The van der Waals surface area contributed by atoms with Gasteiger partial charge in [-0.05, 0) is 25.0 Å². The molecule has 0 aromatic carbocycles. The van der Waals surface area contributed by atoms with Crippen molar-refractivity contribution in [2.24, 2.45) is 0 Å². The monoisotopic (exact) mass is 226 g/mol. The topological polar surface area (TPSA) is 34.1 Å². The molecule has 0 spiro atoms. The summed E-state index contributed by atoms with van der Waals surface area (Å²) in [6.07, 6.45) is 3.70. The first-order chi connectivity index (χ1) is 7.77. The maximum Gasteiger partial charge on any atom is 0.250 e. The van der Waals surface area contributed by atoms with Gasteiger partial charge in [-0.1, -0.05) is 13.8 Å². The smallest absolute Gasteiger partial charge is 0.250 e. The lowest BCUT2D eigenvalue weighted by Crippen LogP contribution is -2.31. The van der Waals surface area contributed by atoms with Crippen LogP contribution in [0.15, 0.2) is 18.3 Å². The first-order valence-corrected chi connectivity index (χ1v) is 5.74. The molecule has 0 fully saturated rings. The van der Waals surface area contributed by atoms with E-state index in [9.17, 15) is 4.39 Å². The number of nitrogens with zero attached hydrogens (tertiary/aromatic N) is 1. The van der Waals surface area contributed by atoms with Gasteiger partial charge in [0.05, 0.1) is 0 Å². The average molecular weight is 226 g/mol. The molecular weight excluding hydrogens is 207 g/mol. The van der Waals surface area contributed by atoms with Gasteiger partial charge >= 0.3 is 0 Å². The molecule has 1 heterocycles. The summed E-state index contributed by atoms with van der Waals surface area (Å²) in [6.45, 7) is 5.42. The van der Waals surface area contributed by atoms with Crippen molar-refractivity contribution >= 4 is 0 Å². The van der Waals surface area contributed by atoms with E-state index in [1.807, 2.05) is 0 Å². The molecule has 90 valence electrons. The van der Waals surface area contributed by atoms with Gasteiger partial charge in [0.1, 0.15) is 6.61 Å². The molecule has 0 amide bonds. The molecule has 0 saturated carbocycles. The number of nitrogens with one attached hydrogen (secondary N) is 1. The Labute approximate surface area is 96.0 Å². The average Bonchev–Trinajstić information content (AvgIpc) is 2.31. The first kappa shape index (κ1) is 12.9. The molecule has 1 aromatic heterocycles. The summed E-state index contributed by atoms with van der Waals surface area (Å²) in [5, 5.41) is 3.33. The molecule has 0 aliphatic rings. The summed E-state index contributed by atoms with van der Waals surface area (Å²) in [4.78, 5) is 3.81. The van der Waals surface area contributed by atoms with E-state index in [0.29, 0.717) is 19.2 Å². The van der Waals surface area contributed by atoms with Crippen LogP contribution in [-0.2, 0) is 0 Å².